The molecule has 0 fully saturated rings. The van der Waals surface area contributed by atoms with Crippen LogP contribution in [0.2, 0.25) is 0 Å². The van der Waals surface area contributed by atoms with Gasteiger partial charge in [0, 0.05) is 6.54 Å². The van der Waals surface area contributed by atoms with Gasteiger partial charge >= 0.3 is 5.69 Å². The molecule has 0 aliphatic rings. The summed E-state index contributed by atoms with van der Waals surface area (Å²) in [6.45, 7) is 0.378. The number of nitrogens with one attached hydrogen (secondary N) is 1. The van der Waals surface area contributed by atoms with Gasteiger partial charge in [-0.1, -0.05) is 0 Å². The summed E-state index contributed by atoms with van der Waals surface area (Å²) in [7, 11) is 1.68. The minimum absolute atomic E-state index is 0.203. The van der Waals surface area contributed by atoms with Crippen LogP contribution in [0.15, 0.2) is 22.8 Å². The Balaban J connectivity index is 2.51. The molecule has 8 heteroatoms. The van der Waals surface area contributed by atoms with Gasteiger partial charge in [0.15, 0.2) is 0 Å². The first-order chi connectivity index (χ1) is 9.02. The Morgan fingerprint density at radius 1 is 1.47 bits per heavy atom. The molecule has 100 valence electrons. The number of rotatable bonds is 4. The van der Waals surface area contributed by atoms with Crippen LogP contribution in [0.4, 0.5) is 14.5 Å². The molecule has 0 saturated heterocycles. The topological polar surface area (TPSA) is 81.2 Å². The number of benzene rings is 1. The van der Waals surface area contributed by atoms with E-state index in [1.807, 2.05) is 0 Å². The predicted octanol–water partition coefficient (Wildman–Crippen LogP) is 2.25. The number of nitro benzene ring substituents is 1. The molecule has 0 saturated carbocycles. The molecule has 0 bridgehead atoms. The van der Waals surface area contributed by atoms with Crippen LogP contribution in [-0.2, 0) is 6.54 Å². The Morgan fingerprint density at radius 3 is 2.84 bits per heavy atom. The van der Waals surface area contributed by atoms with Gasteiger partial charge in [-0.2, -0.15) is 4.39 Å². The van der Waals surface area contributed by atoms with Crippen molar-refractivity contribution in [1.29, 1.82) is 0 Å². The summed E-state index contributed by atoms with van der Waals surface area (Å²) in [5.41, 5.74) is -0.860. The van der Waals surface area contributed by atoms with Crippen LogP contribution in [0.3, 0.4) is 0 Å². The van der Waals surface area contributed by atoms with E-state index in [0.717, 1.165) is 6.07 Å². The highest BCUT2D eigenvalue weighted by Crippen LogP contribution is 2.29. The van der Waals surface area contributed by atoms with E-state index < -0.39 is 22.2 Å². The molecule has 19 heavy (non-hydrogen) atoms. The molecule has 0 atom stereocenters. The van der Waals surface area contributed by atoms with Crippen molar-refractivity contribution in [2.75, 3.05) is 7.05 Å². The zero-order chi connectivity index (χ0) is 14.0. The molecule has 0 spiro atoms. The highest BCUT2D eigenvalue weighted by atomic mass is 19.1. The summed E-state index contributed by atoms with van der Waals surface area (Å²) in [5, 5.41) is 13.4. The molecule has 0 aliphatic carbocycles. The number of hydrogen-bond acceptors (Lipinski definition) is 5. The summed E-state index contributed by atoms with van der Waals surface area (Å²) in [5.74, 6) is -2.31. The first-order valence-corrected chi connectivity index (χ1v) is 5.25. The van der Waals surface area contributed by atoms with Crippen LogP contribution in [0.25, 0.3) is 11.5 Å². The Morgan fingerprint density at radius 2 is 2.21 bits per heavy atom. The first-order valence-electron chi connectivity index (χ1n) is 5.25. The van der Waals surface area contributed by atoms with Crippen molar-refractivity contribution >= 4 is 5.69 Å². The van der Waals surface area contributed by atoms with Gasteiger partial charge in [0.1, 0.15) is 12.1 Å². The lowest BCUT2D eigenvalue weighted by atomic mass is 10.1. The van der Waals surface area contributed by atoms with Crippen LogP contribution in [0.5, 0.6) is 0 Å². The van der Waals surface area contributed by atoms with Gasteiger partial charge in [0.25, 0.3) is 0 Å². The predicted molar refractivity (Wildman–Crippen MR) is 61.3 cm³/mol. The SMILES string of the molecule is CNCc1coc(-c2cc(F)cc([N+](=O)[O-])c2F)n1. The molecule has 0 amide bonds. The van der Waals surface area contributed by atoms with Crippen LogP contribution in [-0.4, -0.2) is 17.0 Å². The Kier molecular flexibility index (Phi) is 3.52. The summed E-state index contributed by atoms with van der Waals surface area (Å²) < 4.78 is 32.1. The third-order valence-electron chi connectivity index (χ3n) is 2.35. The van der Waals surface area contributed by atoms with Gasteiger partial charge in [-0.25, -0.2) is 9.37 Å². The third-order valence-corrected chi connectivity index (χ3v) is 2.35. The van der Waals surface area contributed by atoms with Crippen molar-refractivity contribution in [3.05, 3.63) is 45.8 Å². The fourth-order valence-electron chi connectivity index (χ4n) is 1.56. The van der Waals surface area contributed by atoms with Crippen molar-refractivity contribution in [2.24, 2.45) is 0 Å². The van der Waals surface area contributed by atoms with Crippen LogP contribution < -0.4 is 5.32 Å². The number of hydrogen-bond donors (Lipinski definition) is 1. The molecule has 1 heterocycles. The standard InChI is InChI=1S/C11H9F2N3O3/c1-14-4-7-5-19-11(15-7)8-2-6(12)3-9(10(8)13)16(17)18/h2-3,5,14H,4H2,1H3. The number of halogens is 2. The van der Waals surface area contributed by atoms with Crippen LogP contribution in [0, 0.1) is 21.7 Å². The largest absolute Gasteiger partial charge is 0.444 e. The molecule has 0 aliphatic heterocycles. The van der Waals surface area contributed by atoms with Crippen molar-refractivity contribution in [3.8, 4) is 11.5 Å². The van der Waals surface area contributed by atoms with Crippen molar-refractivity contribution in [1.82, 2.24) is 10.3 Å². The van der Waals surface area contributed by atoms with Gasteiger partial charge in [0.2, 0.25) is 11.7 Å². The van der Waals surface area contributed by atoms with Crippen molar-refractivity contribution in [2.45, 2.75) is 6.54 Å². The van der Waals surface area contributed by atoms with Gasteiger partial charge in [-0.3, -0.25) is 10.1 Å². The molecule has 0 radical (unpaired) electrons. The Bertz CT molecular complexity index is 628. The van der Waals surface area contributed by atoms with E-state index in [0.29, 0.717) is 18.3 Å². The second-order valence-electron chi connectivity index (χ2n) is 3.72. The maximum Gasteiger partial charge on any atom is 0.308 e. The summed E-state index contributed by atoms with van der Waals surface area (Å²) >= 11 is 0. The van der Waals surface area contributed by atoms with Gasteiger partial charge in [0.05, 0.1) is 22.2 Å². The van der Waals surface area contributed by atoms with Gasteiger partial charge < -0.3 is 9.73 Å². The summed E-state index contributed by atoms with van der Waals surface area (Å²) in [6.07, 6.45) is 1.27. The van der Waals surface area contributed by atoms with Gasteiger partial charge in [-0.15, -0.1) is 0 Å². The monoisotopic (exact) mass is 269 g/mol. The number of aromatic nitrogens is 1. The molecule has 1 aromatic carbocycles. The average molecular weight is 269 g/mol. The molecule has 6 nitrogen and oxygen atoms in total. The van der Waals surface area contributed by atoms with Crippen molar-refractivity contribution < 1.29 is 18.1 Å². The average Bonchev–Trinajstić information content (AvgIpc) is 2.80. The van der Waals surface area contributed by atoms with E-state index in [-0.39, 0.29) is 11.5 Å². The van der Waals surface area contributed by atoms with E-state index in [9.17, 15) is 18.9 Å². The van der Waals surface area contributed by atoms with Gasteiger partial charge in [-0.05, 0) is 13.1 Å². The quantitative estimate of drug-likeness (QED) is 0.680. The molecule has 0 unspecified atom stereocenters. The molecular weight excluding hydrogens is 260 g/mol. The van der Waals surface area contributed by atoms with E-state index in [1.165, 1.54) is 6.26 Å². The number of nitro groups is 1. The van der Waals surface area contributed by atoms with Crippen LogP contribution in [0.1, 0.15) is 5.69 Å². The lowest BCUT2D eigenvalue weighted by Crippen LogP contribution is -2.05. The lowest BCUT2D eigenvalue weighted by Gasteiger charge is -2.00. The smallest absolute Gasteiger partial charge is 0.308 e. The van der Waals surface area contributed by atoms with Crippen molar-refractivity contribution in [3.63, 3.8) is 0 Å². The molecule has 2 rings (SSSR count). The van der Waals surface area contributed by atoms with E-state index >= 15 is 0 Å². The summed E-state index contributed by atoms with van der Waals surface area (Å²) in [4.78, 5) is 13.5. The maximum absolute atomic E-state index is 13.9. The lowest BCUT2D eigenvalue weighted by molar-refractivity contribution is -0.387. The highest BCUT2D eigenvalue weighted by molar-refractivity contribution is 5.59. The fraction of sp³-hybridized carbons (Fsp3) is 0.182. The van der Waals surface area contributed by atoms with Crippen LogP contribution >= 0.6 is 0 Å². The highest BCUT2D eigenvalue weighted by Gasteiger charge is 2.23. The minimum Gasteiger partial charge on any atom is -0.444 e. The molecular formula is C11H9F2N3O3. The number of oxazole rings is 1. The first kappa shape index (κ1) is 13.1. The molecule has 1 aromatic heterocycles. The number of nitrogens with zero attached hydrogens (tertiary/aromatic N) is 2. The molecule has 2 aromatic rings. The summed E-state index contributed by atoms with van der Waals surface area (Å²) in [6, 6.07) is 1.31. The normalized spacial score (nSPS) is 10.7. The maximum atomic E-state index is 13.9. The fourth-order valence-corrected chi connectivity index (χ4v) is 1.56. The van der Waals surface area contributed by atoms with E-state index in [4.69, 9.17) is 4.42 Å². The zero-order valence-electron chi connectivity index (χ0n) is 9.81. The van der Waals surface area contributed by atoms with E-state index in [2.05, 4.69) is 10.3 Å². The second-order valence-corrected chi connectivity index (χ2v) is 3.72. The third kappa shape index (κ3) is 2.58. The Labute approximate surface area is 106 Å². The second kappa shape index (κ2) is 5.11. The molecule has 1 N–H and O–H groups in total. The Hall–Kier alpha value is -2.35. The zero-order valence-corrected chi connectivity index (χ0v) is 9.81. The van der Waals surface area contributed by atoms with E-state index in [1.54, 1.807) is 7.05 Å². The minimum atomic E-state index is -1.18.